The lowest BCUT2D eigenvalue weighted by molar-refractivity contribution is 0.884. The largest absolute Gasteiger partial charge is 0.373 e. The van der Waals surface area contributed by atoms with Gasteiger partial charge in [0.25, 0.3) is 0 Å². The summed E-state index contributed by atoms with van der Waals surface area (Å²) in [5.41, 5.74) is 4.88. The monoisotopic (exact) mass is 255 g/mol. The van der Waals surface area contributed by atoms with Gasteiger partial charge in [0.15, 0.2) is 0 Å². The van der Waals surface area contributed by atoms with Gasteiger partial charge < -0.3 is 10.2 Å². The van der Waals surface area contributed by atoms with Gasteiger partial charge in [-0.1, -0.05) is 12.1 Å². The number of aromatic nitrogens is 1. The number of rotatable bonds is 4. The van der Waals surface area contributed by atoms with Crippen molar-refractivity contribution in [2.75, 3.05) is 24.3 Å². The van der Waals surface area contributed by atoms with Crippen LogP contribution in [-0.4, -0.2) is 19.1 Å². The van der Waals surface area contributed by atoms with Gasteiger partial charge in [-0.15, -0.1) is 0 Å². The van der Waals surface area contributed by atoms with E-state index < -0.39 is 0 Å². The third-order valence-corrected chi connectivity index (χ3v) is 3.11. The van der Waals surface area contributed by atoms with Crippen LogP contribution in [0.5, 0.6) is 0 Å². The minimum Gasteiger partial charge on any atom is -0.373 e. The number of benzene rings is 1. The van der Waals surface area contributed by atoms with Crippen LogP contribution >= 0.6 is 0 Å². The van der Waals surface area contributed by atoms with Crippen molar-refractivity contribution in [3.8, 4) is 0 Å². The smallest absolute Gasteiger partial charge is 0.126 e. The van der Waals surface area contributed by atoms with E-state index in [-0.39, 0.29) is 0 Å². The molecule has 100 valence electrons. The second-order valence-electron chi connectivity index (χ2n) is 4.97. The lowest BCUT2D eigenvalue weighted by atomic mass is 10.1. The summed E-state index contributed by atoms with van der Waals surface area (Å²) in [6.07, 6.45) is 0. The molecule has 0 bridgehead atoms. The van der Waals surface area contributed by atoms with Crippen molar-refractivity contribution in [2.24, 2.45) is 0 Å². The normalized spacial score (nSPS) is 10.3. The molecular formula is C16H21N3. The summed E-state index contributed by atoms with van der Waals surface area (Å²) < 4.78 is 0. The standard InChI is InChI=1S/C16H21N3/c1-12-8-13(2)10-15(9-12)19(4)11-14-6-5-7-16(17-3)18-14/h5-10H,11H2,1-4H3,(H,17,18). The Kier molecular flexibility index (Phi) is 4.05. The van der Waals surface area contributed by atoms with E-state index in [0.717, 1.165) is 18.1 Å². The van der Waals surface area contributed by atoms with Crippen LogP contribution in [0.2, 0.25) is 0 Å². The van der Waals surface area contributed by atoms with Crippen LogP contribution in [-0.2, 0) is 6.54 Å². The quantitative estimate of drug-likeness (QED) is 0.907. The number of nitrogens with one attached hydrogen (secondary N) is 1. The first-order valence-corrected chi connectivity index (χ1v) is 6.51. The van der Waals surface area contributed by atoms with E-state index in [4.69, 9.17) is 0 Å². The molecule has 0 spiro atoms. The van der Waals surface area contributed by atoms with Crippen molar-refractivity contribution >= 4 is 11.5 Å². The fraction of sp³-hybridized carbons (Fsp3) is 0.312. The highest BCUT2D eigenvalue weighted by atomic mass is 15.1. The van der Waals surface area contributed by atoms with Crippen molar-refractivity contribution in [2.45, 2.75) is 20.4 Å². The van der Waals surface area contributed by atoms with Gasteiger partial charge in [0, 0.05) is 19.8 Å². The highest BCUT2D eigenvalue weighted by molar-refractivity contribution is 5.50. The Labute approximate surface area is 115 Å². The Morgan fingerprint density at radius 2 is 1.79 bits per heavy atom. The molecule has 0 unspecified atom stereocenters. The molecule has 0 amide bonds. The summed E-state index contributed by atoms with van der Waals surface area (Å²) in [5, 5.41) is 3.07. The molecule has 3 heteroatoms. The van der Waals surface area contributed by atoms with E-state index in [1.165, 1.54) is 16.8 Å². The topological polar surface area (TPSA) is 28.2 Å². The zero-order chi connectivity index (χ0) is 13.8. The minimum atomic E-state index is 0.804. The predicted molar refractivity (Wildman–Crippen MR) is 81.8 cm³/mol. The molecule has 0 saturated heterocycles. The Balaban J connectivity index is 2.17. The molecule has 0 aliphatic heterocycles. The van der Waals surface area contributed by atoms with Crippen molar-refractivity contribution < 1.29 is 0 Å². The number of hydrogen-bond acceptors (Lipinski definition) is 3. The lowest BCUT2D eigenvalue weighted by Gasteiger charge is -2.20. The predicted octanol–water partition coefficient (Wildman–Crippen LogP) is 3.38. The fourth-order valence-corrected chi connectivity index (χ4v) is 2.21. The second-order valence-corrected chi connectivity index (χ2v) is 4.97. The molecule has 0 saturated carbocycles. The molecule has 19 heavy (non-hydrogen) atoms. The molecular weight excluding hydrogens is 234 g/mol. The first kappa shape index (κ1) is 13.4. The van der Waals surface area contributed by atoms with Crippen LogP contribution in [0.15, 0.2) is 36.4 Å². The number of anilines is 2. The van der Waals surface area contributed by atoms with Crippen LogP contribution in [0.25, 0.3) is 0 Å². The molecule has 0 fully saturated rings. The summed E-state index contributed by atoms with van der Waals surface area (Å²) in [5.74, 6) is 0.909. The first-order valence-electron chi connectivity index (χ1n) is 6.51. The van der Waals surface area contributed by atoms with Crippen LogP contribution in [0.3, 0.4) is 0 Å². The molecule has 0 aliphatic carbocycles. The van der Waals surface area contributed by atoms with E-state index in [0.29, 0.717) is 0 Å². The van der Waals surface area contributed by atoms with E-state index in [9.17, 15) is 0 Å². The molecule has 0 radical (unpaired) electrons. The van der Waals surface area contributed by atoms with Gasteiger partial charge in [0.1, 0.15) is 5.82 Å². The molecule has 0 atom stereocenters. The van der Waals surface area contributed by atoms with Crippen molar-refractivity contribution in [3.63, 3.8) is 0 Å². The number of nitrogens with zero attached hydrogens (tertiary/aromatic N) is 2. The molecule has 1 aromatic carbocycles. The van der Waals surface area contributed by atoms with Gasteiger partial charge in [-0.25, -0.2) is 4.98 Å². The van der Waals surface area contributed by atoms with Crippen LogP contribution in [0.4, 0.5) is 11.5 Å². The van der Waals surface area contributed by atoms with Gasteiger partial charge in [0.05, 0.1) is 12.2 Å². The maximum Gasteiger partial charge on any atom is 0.126 e. The number of hydrogen-bond donors (Lipinski definition) is 1. The summed E-state index contributed by atoms with van der Waals surface area (Å²) in [4.78, 5) is 6.77. The van der Waals surface area contributed by atoms with E-state index >= 15 is 0 Å². The first-order chi connectivity index (χ1) is 9.08. The molecule has 0 aliphatic rings. The Bertz CT molecular complexity index is 543. The molecule has 1 aromatic heterocycles. The van der Waals surface area contributed by atoms with Crippen LogP contribution < -0.4 is 10.2 Å². The average molecular weight is 255 g/mol. The number of pyridine rings is 1. The van der Waals surface area contributed by atoms with Gasteiger partial charge in [-0.3, -0.25) is 0 Å². The Morgan fingerprint density at radius 1 is 1.11 bits per heavy atom. The van der Waals surface area contributed by atoms with Gasteiger partial charge in [-0.2, -0.15) is 0 Å². The molecule has 1 N–H and O–H groups in total. The van der Waals surface area contributed by atoms with Gasteiger partial charge in [-0.05, 0) is 49.2 Å². The zero-order valence-corrected chi connectivity index (χ0v) is 12.1. The average Bonchev–Trinajstić information content (AvgIpc) is 2.37. The van der Waals surface area contributed by atoms with Crippen molar-refractivity contribution in [3.05, 3.63) is 53.2 Å². The summed E-state index contributed by atoms with van der Waals surface area (Å²) in [6, 6.07) is 12.7. The van der Waals surface area contributed by atoms with Crippen molar-refractivity contribution in [1.29, 1.82) is 0 Å². The summed E-state index contributed by atoms with van der Waals surface area (Å²) >= 11 is 0. The van der Waals surface area contributed by atoms with E-state index in [1.807, 2.05) is 19.2 Å². The molecule has 3 nitrogen and oxygen atoms in total. The minimum absolute atomic E-state index is 0.804. The maximum absolute atomic E-state index is 4.55. The summed E-state index contributed by atoms with van der Waals surface area (Å²) in [7, 11) is 3.99. The SMILES string of the molecule is CNc1cccc(CN(C)c2cc(C)cc(C)c2)n1. The van der Waals surface area contributed by atoms with Crippen molar-refractivity contribution in [1.82, 2.24) is 4.98 Å². The summed E-state index contributed by atoms with van der Waals surface area (Å²) in [6.45, 7) is 5.06. The third-order valence-electron chi connectivity index (χ3n) is 3.11. The molecule has 1 heterocycles. The highest BCUT2D eigenvalue weighted by Gasteiger charge is 2.05. The fourth-order valence-electron chi connectivity index (χ4n) is 2.21. The molecule has 2 aromatic rings. The molecule has 2 rings (SSSR count). The second kappa shape index (κ2) is 5.74. The Morgan fingerprint density at radius 3 is 2.42 bits per heavy atom. The maximum atomic E-state index is 4.55. The van der Waals surface area contributed by atoms with E-state index in [2.05, 4.69) is 60.4 Å². The van der Waals surface area contributed by atoms with Gasteiger partial charge >= 0.3 is 0 Å². The zero-order valence-electron chi connectivity index (χ0n) is 12.1. The van der Waals surface area contributed by atoms with Gasteiger partial charge in [0.2, 0.25) is 0 Å². The van der Waals surface area contributed by atoms with Crippen LogP contribution in [0, 0.1) is 13.8 Å². The number of aryl methyl sites for hydroxylation is 2. The van der Waals surface area contributed by atoms with E-state index in [1.54, 1.807) is 0 Å². The third kappa shape index (κ3) is 3.47. The lowest BCUT2D eigenvalue weighted by Crippen LogP contribution is -2.17. The Hall–Kier alpha value is -2.03. The highest BCUT2D eigenvalue weighted by Crippen LogP contribution is 2.19. The van der Waals surface area contributed by atoms with Crippen LogP contribution in [0.1, 0.15) is 16.8 Å².